The average Bonchev–Trinajstić information content (AvgIpc) is 3.15. The summed E-state index contributed by atoms with van der Waals surface area (Å²) in [7, 11) is 1.85. The molecule has 1 aliphatic heterocycles. The summed E-state index contributed by atoms with van der Waals surface area (Å²) in [6.45, 7) is 5.17. The van der Waals surface area contributed by atoms with E-state index in [9.17, 15) is 5.26 Å². The number of aryl methyl sites for hydroxylation is 2. The molecule has 4 heterocycles. The zero-order valence-corrected chi connectivity index (χ0v) is 18.8. The molecule has 1 aliphatic carbocycles. The van der Waals surface area contributed by atoms with Gasteiger partial charge in [-0.3, -0.25) is 0 Å². The quantitative estimate of drug-likeness (QED) is 0.588. The molecule has 1 saturated carbocycles. The van der Waals surface area contributed by atoms with E-state index in [1.54, 1.807) is 17.1 Å². The van der Waals surface area contributed by atoms with Crippen molar-refractivity contribution in [3.63, 3.8) is 0 Å². The molecule has 0 N–H and O–H groups in total. The summed E-state index contributed by atoms with van der Waals surface area (Å²) >= 11 is 0. The van der Waals surface area contributed by atoms with E-state index in [4.69, 9.17) is 4.74 Å². The molecule has 0 aromatic carbocycles. The molecule has 3 aromatic rings. The van der Waals surface area contributed by atoms with E-state index in [2.05, 4.69) is 24.8 Å². The SMILES string of the molecule is Cc1cc(-c2nc(C#N)nc3c2ncn3C)cnc1OCCC1CCN(C2CCC2)CC1. The Balaban J connectivity index is 1.23. The van der Waals surface area contributed by atoms with Gasteiger partial charge in [0.15, 0.2) is 5.65 Å². The van der Waals surface area contributed by atoms with Crippen LogP contribution >= 0.6 is 0 Å². The number of piperidine rings is 1. The molecule has 0 atom stereocenters. The highest BCUT2D eigenvalue weighted by atomic mass is 16.5. The fraction of sp³-hybridized carbons (Fsp3) is 0.542. The number of aromatic nitrogens is 5. The lowest BCUT2D eigenvalue weighted by molar-refractivity contribution is 0.0786. The van der Waals surface area contributed by atoms with Gasteiger partial charge in [0, 0.05) is 30.4 Å². The van der Waals surface area contributed by atoms with Gasteiger partial charge in [-0.15, -0.1) is 0 Å². The summed E-state index contributed by atoms with van der Waals surface area (Å²) in [6.07, 6.45) is 11.3. The first-order chi connectivity index (χ1) is 15.6. The molecule has 0 spiro atoms. The molecule has 2 fully saturated rings. The van der Waals surface area contributed by atoms with E-state index in [-0.39, 0.29) is 5.82 Å². The largest absolute Gasteiger partial charge is 0.477 e. The third kappa shape index (κ3) is 4.05. The molecule has 2 aliphatic rings. The molecular formula is C24H29N7O. The Bertz CT molecular complexity index is 1150. The second-order valence-electron chi connectivity index (χ2n) is 9.08. The number of likely N-dealkylation sites (tertiary alicyclic amines) is 1. The Morgan fingerprint density at radius 1 is 1.16 bits per heavy atom. The molecule has 1 saturated heterocycles. The standard InChI is InChI=1S/C24H29N7O/c1-16-12-18(21-22-23(30(2)15-27-22)29-20(13-25)28-21)14-26-24(16)32-11-8-17-6-9-31(10-7-17)19-4-3-5-19/h12,14-15,17,19H,3-11H2,1-2H3. The molecule has 166 valence electrons. The number of hydrogen-bond donors (Lipinski definition) is 0. The van der Waals surface area contributed by atoms with Crippen LogP contribution in [0.1, 0.15) is 49.9 Å². The molecule has 32 heavy (non-hydrogen) atoms. The van der Waals surface area contributed by atoms with Crippen molar-refractivity contribution in [3.05, 3.63) is 30.0 Å². The first-order valence-electron chi connectivity index (χ1n) is 11.6. The Morgan fingerprint density at radius 3 is 2.66 bits per heavy atom. The van der Waals surface area contributed by atoms with Gasteiger partial charge in [0.1, 0.15) is 17.3 Å². The summed E-state index contributed by atoms with van der Waals surface area (Å²) in [6, 6.07) is 4.90. The van der Waals surface area contributed by atoms with Crippen LogP contribution in [0.2, 0.25) is 0 Å². The Morgan fingerprint density at radius 2 is 1.97 bits per heavy atom. The number of ether oxygens (including phenoxy) is 1. The smallest absolute Gasteiger partial charge is 0.234 e. The molecule has 0 radical (unpaired) electrons. The maximum absolute atomic E-state index is 9.31. The monoisotopic (exact) mass is 431 g/mol. The van der Waals surface area contributed by atoms with Crippen LogP contribution in [0.3, 0.4) is 0 Å². The number of fused-ring (bicyclic) bond motifs is 1. The number of nitrogens with zero attached hydrogens (tertiary/aromatic N) is 7. The number of nitriles is 1. The zero-order valence-electron chi connectivity index (χ0n) is 18.8. The van der Waals surface area contributed by atoms with Crippen LogP contribution in [0, 0.1) is 24.2 Å². The second kappa shape index (κ2) is 8.83. The van der Waals surface area contributed by atoms with Gasteiger partial charge in [0.25, 0.3) is 0 Å². The van der Waals surface area contributed by atoms with Crippen molar-refractivity contribution in [2.45, 2.75) is 51.5 Å². The molecular weight excluding hydrogens is 402 g/mol. The first kappa shape index (κ1) is 20.8. The van der Waals surface area contributed by atoms with Crippen LogP contribution < -0.4 is 4.74 Å². The zero-order chi connectivity index (χ0) is 22.1. The van der Waals surface area contributed by atoms with Gasteiger partial charge in [0.2, 0.25) is 11.7 Å². The van der Waals surface area contributed by atoms with E-state index < -0.39 is 0 Å². The number of pyridine rings is 1. The van der Waals surface area contributed by atoms with Crippen LogP contribution in [0.5, 0.6) is 5.88 Å². The van der Waals surface area contributed by atoms with E-state index in [0.29, 0.717) is 29.3 Å². The fourth-order valence-electron chi connectivity index (χ4n) is 4.78. The van der Waals surface area contributed by atoms with Gasteiger partial charge in [-0.25, -0.2) is 15.0 Å². The normalized spacial score (nSPS) is 17.9. The molecule has 0 unspecified atom stereocenters. The van der Waals surface area contributed by atoms with Crippen LogP contribution in [0.4, 0.5) is 0 Å². The number of rotatable bonds is 6. The minimum absolute atomic E-state index is 0.123. The van der Waals surface area contributed by atoms with Crippen LogP contribution in [0.25, 0.3) is 22.4 Å². The molecule has 8 nitrogen and oxygen atoms in total. The third-order valence-corrected chi connectivity index (χ3v) is 6.97. The highest BCUT2D eigenvalue weighted by molar-refractivity contribution is 5.87. The maximum Gasteiger partial charge on any atom is 0.234 e. The summed E-state index contributed by atoms with van der Waals surface area (Å²) in [4.78, 5) is 20.3. The van der Waals surface area contributed by atoms with E-state index >= 15 is 0 Å². The maximum atomic E-state index is 9.31. The summed E-state index contributed by atoms with van der Waals surface area (Å²) in [5.74, 6) is 1.53. The minimum Gasteiger partial charge on any atom is -0.477 e. The lowest BCUT2D eigenvalue weighted by Crippen LogP contribution is -2.44. The lowest BCUT2D eigenvalue weighted by Gasteiger charge is -2.41. The van der Waals surface area contributed by atoms with E-state index in [1.165, 1.54) is 45.2 Å². The topological polar surface area (TPSA) is 92.8 Å². The minimum atomic E-state index is 0.123. The molecule has 5 rings (SSSR count). The van der Waals surface area contributed by atoms with Gasteiger partial charge in [-0.2, -0.15) is 10.2 Å². The van der Waals surface area contributed by atoms with Crippen LogP contribution in [-0.4, -0.2) is 55.1 Å². The first-order valence-corrected chi connectivity index (χ1v) is 11.6. The third-order valence-electron chi connectivity index (χ3n) is 6.97. The molecule has 8 heteroatoms. The summed E-state index contributed by atoms with van der Waals surface area (Å²) in [5, 5.41) is 9.31. The van der Waals surface area contributed by atoms with Gasteiger partial charge < -0.3 is 14.2 Å². The fourth-order valence-corrected chi connectivity index (χ4v) is 4.78. The Kier molecular flexibility index (Phi) is 5.75. The Hall–Kier alpha value is -3.05. The van der Waals surface area contributed by atoms with Gasteiger partial charge >= 0.3 is 0 Å². The van der Waals surface area contributed by atoms with Crippen molar-refractivity contribution in [2.75, 3.05) is 19.7 Å². The van der Waals surface area contributed by atoms with Crippen molar-refractivity contribution in [3.8, 4) is 23.2 Å². The van der Waals surface area contributed by atoms with Crippen molar-refractivity contribution in [2.24, 2.45) is 13.0 Å². The van der Waals surface area contributed by atoms with Gasteiger partial charge in [-0.05, 0) is 64.1 Å². The highest BCUT2D eigenvalue weighted by Gasteiger charge is 2.28. The highest BCUT2D eigenvalue weighted by Crippen LogP contribution is 2.31. The van der Waals surface area contributed by atoms with Crippen molar-refractivity contribution >= 4 is 11.2 Å². The summed E-state index contributed by atoms with van der Waals surface area (Å²) in [5.41, 5.74) is 3.67. The van der Waals surface area contributed by atoms with E-state index in [1.807, 2.05) is 26.1 Å². The summed E-state index contributed by atoms with van der Waals surface area (Å²) < 4.78 is 7.83. The predicted molar refractivity (Wildman–Crippen MR) is 121 cm³/mol. The van der Waals surface area contributed by atoms with Crippen LogP contribution in [-0.2, 0) is 7.05 Å². The molecule has 0 amide bonds. The average molecular weight is 432 g/mol. The van der Waals surface area contributed by atoms with Gasteiger partial charge in [0.05, 0.1) is 12.9 Å². The van der Waals surface area contributed by atoms with E-state index in [0.717, 1.165) is 29.5 Å². The van der Waals surface area contributed by atoms with Crippen molar-refractivity contribution in [1.29, 1.82) is 5.26 Å². The number of imidazole rings is 1. The second-order valence-corrected chi connectivity index (χ2v) is 9.08. The lowest BCUT2D eigenvalue weighted by atomic mass is 9.87. The Labute approximate surface area is 188 Å². The predicted octanol–water partition coefficient (Wildman–Crippen LogP) is 3.64. The molecule has 0 bridgehead atoms. The van der Waals surface area contributed by atoms with Crippen molar-refractivity contribution < 1.29 is 4.74 Å². The van der Waals surface area contributed by atoms with Crippen LogP contribution in [0.15, 0.2) is 18.6 Å². The number of hydrogen-bond acceptors (Lipinski definition) is 7. The van der Waals surface area contributed by atoms with Crippen molar-refractivity contribution in [1.82, 2.24) is 29.4 Å². The van der Waals surface area contributed by atoms with Gasteiger partial charge in [-0.1, -0.05) is 6.42 Å². The molecule has 3 aromatic heterocycles.